The highest BCUT2D eigenvalue weighted by Crippen LogP contribution is 2.15. The van der Waals surface area contributed by atoms with Crippen LogP contribution in [0.4, 0.5) is 5.69 Å². The zero-order valence-electron chi connectivity index (χ0n) is 12.9. The Hall–Kier alpha value is -2.24. The van der Waals surface area contributed by atoms with E-state index in [0.29, 0.717) is 6.61 Å². The molecule has 0 saturated carbocycles. The first-order valence-corrected chi connectivity index (χ1v) is 7.70. The largest absolute Gasteiger partial charge is 0.494 e. The van der Waals surface area contributed by atoms with Gasteiger partial charge in [-0.3, -0.25) is 9.59 Å². The Labute approximate surface area is 130 Å². The Kier molecular flexibility index (Phi) is 6.06. The minimum Gasteiger partial charge on any atom is -0.494 e. The maximum Gasteiger partial charge on any atom is 0.241 e. The maximum atomic E-state index is 11.8. The van der Waals surface area contributed by atoms with Crippen LogP contribution in [0.3, 0.4) is 0 Å². The van der Waals surface area contributed by atoms with Gasteiger partial charge in [-0.2, -0.15) is 0 Å². The number of ether oxygens (including phenoxy) is 1. The fourth-order valence-electron chi connectivity index (χ4n) is 2.33. The van der Waals surface area contributed by atoms with E-state index in [0.717, 1.165) is 37.4 Å². The van der Waals surface area contributed by atoms with Crippen LogP contribution in [0, 0.1) is 0 Å². The van der Waals surface area contributed by atoms with Crippen molar-refractivity contribution in [2.45, 2.75) is 19.8 Å². The van der Waals surface area contributed by atoms with Gasteiger partial charge in [0.2, 0.25) is 11.8 Å². The number of rotatable bonds is 7. The number of nitrogens with one attached hydrogen (secondary N) is 2. The molecule has 2 N–H and O–H groups in total. The summed E-state index contributed by atoms with van der Waals surface area (Å²) in [5.74, 6) is 0.599. The number of hydrogen-bond donors (Lipinski definition) is 2. The van der Waals surface area contributed by atoms with Crippen molar-refractivity contribution in [2.24, 2.45) is 0 Å². The van der Waals surface area contributed by atoms with Crippen LogP contribution < -0.4 is 15.4 Å². The van der Waals surface area contributed by atoms with Gasteiger partial charge in [0.05, 0.1) is 19.7 Å². The Morgan fingerprint density at radius 1 is 1.14 bits per heavy atom. The van der Waals surface area contributed by atoms with Crippen molar-refractivity contribution in [1.29, 1.82) is 0 Å². The minimum absolute atomic E-state index is 0.00748. The molecule has 1 saturated heterocycles. The molecule has 0 unspecified atom stereocenters. The van der Waals surface area contributed by atoms with Crippen molar-refractivity contribution in [1.82, 2.24) is 10.2 Å². The molecule has 6 heteroatoms. The smallest absolute Gasteiger partial charge is 0.241 e. The van der Waals surface area contributed by atoms with Gasteiger partial charge in [0.1, 0.15) is 5.75 Å². The van der Waals surface area contributed by atoms with E-state index in [1.807, 2.05) is 31.2 Å². The van der Waals surface area contributed by atoms with Gasteiger partial charge in [0, 0.05) is 18.8 Å². The summed E-state index contributed by atoms with van der Waals surface area (Å²) < 4.78 is 5.35. The summed E-state index contributed by atoms with van der Waals surface area (Å²) in [6.07, 6.45) is 2.11. The SMILES string of the molecule is CCOc1ccc(NCC(=O)NCC(=O)N2CCCC2)cc1. The summed E-state index contributed by atoms with van der Waals surface area (Å²) in [5.41, 5.74) is 0.837. The first-order valence-electron chi connectivity index (χ1n) is 7.70. The quantitative estimate of drug-likeness (QED) is 0.795. The van der Waals surface area contributed by atoms with Crippen molar-refractivity contribution >= 4 is 17.5 Å². The van der Waals surface area contributed by atoms with E-state index in [9.17, 15) is 9.59 Å². The van der Waals surface area contributed by atoms with Gasteiger partial charge in [0.15, 0.2) is 0 Å². The Bertz CT molecular complexity index is 496. The molecule has 0 aliphatic carbocycles. The van der Waals surface area contributed by atoms with E-state index >= 15 is 0 Å². The lowest BCUT2D eigenvalue weighted by Crippen LogP contribution is -2.40. The second-order valence-corrected chi connectivity index (χ2v) is 5.18. The molecule has 22 heavy (non-hydrogen) atoms. The fraction of sp³-hybridized carbons (Fsp3) is 0.500. The standard InChI is InChI=1S/C16H23N3O3/c1-2-22-14-7-5-13(6-8-14)17-11-15(20)18-12-16(21)19-9-3-4-10-19/h5-8,17H,2-4,9-12H2,1H3,(H,18,20). The third kappa shape index (κ3) is 4.95. The summed E-state index contributed by atoms with van der Waals surface area (Å²) in [4.78, 5) is 25.3. The molecule has 1 aromatic rings. The second kappa shape index (κ2) is 8.26. The molecule has 2 amide bonds. The summed E-state index contributed by atoms with van der Waals surface area (Å²) in [6.45, 7) is 4.38. The number of amides is 2. The second-order valence-electron chi connectivity index (χ2n) is 5.18. The van der Waals surface area contributed by atoms with E-state index in [-0.39, 0.29) is 24.9 Å². The Morgan fingerprint density at radius 3 is 2.45 bits per heavy atom. The topological polar surface area (TPSA) is 70.7 Å². The van der Waals surface area contributed by atoms with E-state index in [1.54, 1.807) is 4.90 Å². The van der Waals surface area contributed by atoms with E-state index in [1.165, 1.54) is 0 Å². The number of carbonyl (C=O) groups is 2. The number of likely N-dealkylation sites (tertiary alicyclic amines) is 1. The van der Waals surface area contributed by atoms with Crippen molar-refractivity contribution in [2.75, 3.05) is 38.1 Å². The average molecular weight is 305 g/mol. The van der Waals surface area contributed by atoms with Gasteiger partial charge in [-0.05, 0) is 44.0 Å². The molecule has 1 fully saturated rings. The zero-order chi connectivity index (χ0) is 15.8. The van der Waals surface area contributed by atoms with Crippen molar-refractivity contribution in [3.05, 3.63) is 24.3 Å². The number of nitrogens with zero attached hydrogens (tertiary/aromatic N) is 1. The predicted octanol–water partition coefficient (Wildman–Crippen LogP) is 1.24. The third-order valence-electron chi connectivity index (χ3n) is 3.51. The molecule has 1 aromatic carbocycles. The third-order valence-corrected chi connectivity index (χ3v) is 3.51. The number of anilines is 1. The van der Waals surface area contributed by atoms with Gasteiger partial charge < -0.3 is 20.3 Å². The molecule has 0 bridgehead atoms. The number of hydrogen-bond acceptors (Lipinski definition) is 4. The van der Waals surface area contributed by atoms with Gasteiger partial charge in [-0.15, -0.1) is 0 Å². The van der Waals surface area contributed by atoms with Crippen LogP contribution in [-0.2, 0) is 9.59 Å². The predicted molar refractivity (Wildman–Crippen MR) is 84.9 cm³/mol. The lowest BCUT2D eigenvalue weighted by atomic mass is 10.3. The van der Waals surface area contributed by atoms with Crippen LogP contribution in [-0.4, -0.2) is 49.5 Å². The van der Waals surface area contributed by atoms with Gasteiger partial charge in [-0.1, -0.05) is 0 Å². The summed E-state index contributed by atoms with van der Waals surface area (Å²) in [7, 11) is 0. The van der Waals surface area contributed by atoms with Crippen LogP contribution in [0.1, 0.15) is 19.8 Å². The normalized spacial score (nSPS) is 13.8. The molecule has 2 rings (SSSR count). The van der Waals surface area contributed by atoms with E-state index in [4.69, 9.17) is 4.74 Å². The molecule has 1 heterocycles. The Morgan fingerprint density at radius 2 is 1.82 bits per heavy atom. The fourth-order valence-corrected chi connectivity index (χ4v) is 2.33. The van der Waals surface area contributed by atoms with E-state index < -0.39 is 0 Å². The number of benzene rings is 1. The maximum absolute atomic E-state index is 11.8. The van der Waals surface area contributed by atoms with Gasteiger partial charge in [0.25, 0.3) is 0 Å². The summed E-state index contributed by atoms with van der Waals surface area (Å²) in [6, 6.07) is 7.41. The zero-order valence-corrected chi connectivity index (χ0v) is 12.9. The van der Waals surface area contributed by atoms with Crippen molar-refractivity contribution < 1.29 is 14.3 Å². The lowest BCUT2D eigenvalue weighted by Gasteiger charge is -2.15. The first kappa shape index (κ1) is 16.1. The highest BCUT2D eigenvalue weighted by Gasteiger charge is 2.17. The lowest BCUT2D eigenvalue weighted by molar-refractivity contribution is -0.131. The molecule has 1 aliphatic heterocycles. The highest BCUT2D eigenvalue weighted by atomic mass is 16.5. The minimum atomic E-state index is -0.193. The van der Waals surface area contributed by atoms with E-state index in [2.05, 4.69) is 10.6 Å². The molecular weight excluding hydrogens is 282 g/mol. The van der Waals surface area contributed by atoms with Crippen LogP contribution in [0.2, 0.25) is 0 Å². The molecule has 120 valence electrons. The molecule has 0 spiro atoms. The Balaban J connectivity index is 1.67. The van der Waals surface area contributed by atoms with Gasteiger partial charge in [-0.25, -0.2) is 0 Å². The van der Waals surface area contributed by atoms with Gasteiger partial charge >= 0.3 is 0 Å². The van der Waals surface area contributed by atoms with Crippen molar-refractivity contribution in [3.63, 3.8) is 0 Å². The molecular formula is C16H23N3O3. The monoisotopic (exact) mass is 305 g/mol. The molecule has 0 aromatic heterocycles. The molecule has 6 nitrogen and oxygen atoms in total. The molecule has 0 atom stereocenters. The van der Waals surface area contributed by atoms with Crippen molar-refractivity contribution in [3.8, 4) is 5.75 Å². The average Bonchev–Trinajstić information content (AvgIpc) is 3.07. The summed E-state index contributed by atoms with van der Waals surface area (Å²) in [5, 5.41) is 5.66. The summed E-state index contributed by atoms with van der Waals surface area (Å²) >= 11 is 0. The van der Waals surface area contributed by atoms with Crippen LogP contribution in [0.15, 0.2) is 24.3 Å². The highest BCUT2D eigenvalue weighted by molar-refractivity contribution is 5.86. The molecule has 1 aliphatic rings. The first-order chi connectivity index (χ1) is 10.7. The number of carbonyl (C=O) groups excluding carboxylic acids is 2. The van der Waals surface area contributed by atoms with Crippen LogP contribution >= 0.6 is 0 Å². The van der Waals surface area contributed by atoms with Crippen LogP contribution in [0.5, 0.6) is 5.75 Å². The molecule has 0 radical (unpaired) electrons. The van der Waals surface area contributed by atoms with Crippen LogP contribution in [0.25, 0.3) is 0 Å².